The number of hydrogen-bond donors (Lipinski definition) is 1. The number of halogens is 1. The van der Waals surface area contributed by atoms with Crippen molar-refractivity contribution in [1.29, 1.82) is 0 Å². The van der Waals surface area contributed by atoms with Crippen molar-refractivity contribution in [2.45, 2.75) is 18.7 Å². The molecule has 1 saturated heterocycles. The highest BCUT2D eigenvalue weighted by molar-refractivity contribution is 7.94. The summed E-state index contributed by atoms with van der Waals surface area (Å²) < 4.78 is 65.5. The second kappa shape index (κ2) is 6.61. The highest BCUT2D eigenvalue weighted by Crippen LogP contribution is 2.31. The number of nitrogens with zero attached hydrogens (tertiary/aromatic N) is 1. The van der Waals surface area contributed by atoms with Crippen molar-refractivity contribution in [1.82, 2.24) is 0 Å². The van der Waals surface area contributed by atoms with Gasteiger partial charge in [-0.05, 0) is 55.0 Å². The highest BCUT2D eigenvalue weighted by Gasteiger charge is 2.42. The predicted molar refractivity (Wildman–Crippen MR) is 98.8 cm³/mol. The SMILES string of the molecule is Cc1cc(N2C(=O)C(C)CS2(=O)=O)ccc1S(=O)(=O)Nc1ccc(F)cc1. The van der Waals surface area contributed by atoms with E-state index in [2.05, 4.69) is 4.72 Å². The number of carbonyl (C=O) groups excluding carboxylic acids is 1. The highest BCUT2D eigenvalue weighted by atomic mass is 32.2. The molecule has 0 aliphatic carbocycles. The average molecular weight is 412 g/mol. The fourth-order valence-corrected chi connectivity index (χ4v) is 5.98. The van der Waals surface area contributed by atoms with Gasteiger partial charge in [0, 0.05) is 5.69 Å². The molecule has 1 fully saturated rings. The number of amides is 1. The van der Waals surface area contributed by atoms with Crippen molar-refractivity contribution in [2.24, 2.45) is 5.92 Å². The van der Waals surface area contributed by atoms with Crippen LogP contribution < -0.4 is 9.03 Å². The summed E-state index contributed by atoms with van der Waals surface area (Å²) >= 11 is 0. The lowest BCUT2D eigenvalue weighted by molar-refractivity contribution is -0.119. The van der Waals surface area contributed by atoms with Crippen LogP contribution in [0.25, 0.3) is 0 Å². The molecule has 2 aromatic rings. The Bertz CT molecular complexity index is 1110. The molecule has 27 heavy (non-hydrogen) atoms. The summed E-state index contributed by atoms with van der Waals surface area (Å²) in [4.78, 5) is 12.1. The maximum Gasteiger partial charge on any atom is 0.262 e. The molecule has 0 radical (unpaired) electrons. The van der Waals surface area contributed by atoms with Crippen molar-refractivity contribution in [2.75, 3.05) is 14.8 Å². The lowest BCUT2D eigenvalue weighted by Crippen LogP contribution is -2.30. The van der Waals surface area contributed by atoms with Crippen molar-refractivity contribution in [3.63, 3.8) is 0 Å². The largest absolute Gasteiger partial charge is 0.280 e. The van der Waals surface area contributed by atoms with Crippen LogP contribution in [0.2, 0.25) is 0 Å². The molecule has 1 atom stereocenters. The van der Waals surface area contributed by atoms with E-state index >= 15 is 0 Å². The Morgan fingerprint density at radius 3 is 2.30 bits per heavy atom. The topological polar surface area (TPSA) is 101 Å². The second-order valence-corrected chi connectivity index (χ2v) is 9.86. The molecule has 0 spiro atoms. The van der Waals surface area contributed by atoms with E-state index in [0.29, 0.717) is 4.31 Å². The molecule has 1 N–H and O–H groups in total. The molecule has 144 valence electrons. The number of hydrogen-bond acceptors (Lipinski definition) is 5. The summed E-state index contributed by atoms with van der Waals surface area (Å²) in [6, 6.07) is 8.67. The Hall–Kier alpha value is -2.46. The van der Waals surface area contributed by atoms with E-state index in [1.165, 1.54) is 44.2 Å². The summed E-state index contributed by atoms with van der Waals surface area (Å²) in [5.41, 5.74) is 0.554. The lowest BCUT2D eigenvalue weighted by atomic mass is 10.2. The quantitative estimate of drug-likeness (QED) is 0.830. The van der Waals surface area contributed by atoms with Gasteiger partial charge in [-0.2, -0.15) is 0 Å². The number of carbonyl (C=O) groups is 1. The maximum atomic E-state index is 13.0. The fraction of sp³-hybridized carbons (Fsp3) is 0.235. The minimum absolute atomic E-state index is 0.0762. The van der Waals surface area contributed by atoms with Crippen LogP contribution in [0.1, 0.15) is 12.5 Å². The van der Waals surface area contributed by atoms with Crippen molar-refractivity contribution < 1.29 is 26.0 Å². The fourth-order valence-electron chi connectivity index (χ4n) is 2.88. The first-order valence-electron chi connectivity index (χ1n) is 7.97. The predicted octanol–water partition coefficient (Wildman–Crippen LogP) is 2.25. The van der Waals surface area contributed by atoms with Gasteiger partial charge in [0.1, 0.15) is 5.82 Å². The van der Waals surface area contributed by atoms with Crippen molar-refractivity contribution >= 4 is 37.3 Å². The van der Waals surface area contributed by atoms with E-state index < -0.39 is 37.7 Å². The van der Waals surface area contributed by atoms with E-state index in [-0.39, 0.29) is 27.6 Å². The van der Waals surface area contributed by atoms with Gasteiger partial charge in [-0.3, -0.25) is 9.52 Å². The third-order valence-electron chi connectivity index (χ3n) is 4.14. The maximum absolute atomic E-state index is 13.0. The first-order valence-corrected chi connectivity index (χ1v) is 11.1. The molecule has 0 bridgehead atoms. The zero-order chi connectivity index (χ0) is 20.0. The molecule has 1 unspecified atom stereocenters. The van der Waals surface area contributed by atoms with E-state index in [0.717, 1.165) is 12.1 Å². The van der Waals surface area contributed by atoms with Gasteiger partial charge in [-0.25, -0.2) is 25.5 Å². The molecule has 1 amide bonds. The normalized spacial score (nSPS) is 19.3. The van der Waals surface area contributed by atoms with Gasteiger partial charge in [0.25, 0.3) is 10.0 Å². The first kappa shape index (κ1) is 19.3. The Labute approximate surface area is 156 Å². The summed E-state index contributed by atoms with van der Waals surface area (Å²) in [5.74, 6) is -1.98. The van der Waals surface area contributed by atoms with Crippen molar-refractivity contribution in [3.05, 3.63) is 53.8 Å². The van der Waals surface area contributed by atoms with E-state index in [4.69, 9.17) is 0 Å². The molecule has 3 rings (SSSR count). The molecule has 7 nitrogen and oxygen atoms in total. The van der Waals surface area contributed by atoms with E-state index in [1.807, 2.05) is 0 Å². The van der Waals surface area contributed by atoms with Gasteiger partial charge in [-0.1, -0.05) is 6.92 Å². The van der Waals surface area contributed by atoms with Crippen LogP contribution in [0, 0.1) is 18.7 Å². The molecule has 1 aliphatic rings. The molecular formula is C17H17FN2O5S2. The molecule has 1 heterocycles. The van der Waals surface area contributed by atoms with Gasteiger partial charge in [-0.15, -0.1) is 0 Å². The van der Waals surface area contributed by atoms with Crippen LogP contribution >= 0.6 is 0 Å². The smallest absolute Gasteiger partial charge is 0.262 e. The number of anilines is 2. The third-order valence-corrected chi connectivity index (χ3v) is 7.55. The third kappa shape index (κ3) is 3.67. The minimum Gasteiger partial charge on any atom is -0.280 e. The van der Waals surface area contributed by atoms with Gasteiger partial charge in [0.15, 0.2) is 0 Å². The number of nitrogens with one attached hydrogen (secondary N) is 1. The Morgan fingerprint density at radius 2 is 1.78 bits per heavy atom. The van der Waals surface area contributed by atoms with Crippen LogP contribution in [0.15, 0.2) is 47.4 Å². The molecule has 0 saturated carbocycles. The van der Waals surface area contributed by atoms with Crippen molar-refractivity contribution in [3.8, 4) is 0 Å². The zero-order valence-corrected chi connectivity index (χ0v) is 16.1. The van der Waals surface area contributed by atoms with Crippen LogP contribution in [0.3, 0.4) is 0 Å². The van der Waals surface area contributed by atoms with Gasteiger partial charge in [0.2, 0.25) is 15.9 Å². The average Bonchev–Trinajstić information content (AvgIpc) is 2.76. The Morgan fingerprint density at radius 1 is 1.15 bits per heavy atom. The number of sulfonamides is 2. The first-order chi connectivity index (χ1) is 12.5. The standard InChI is InChI=1S/C17H17FN2O5S2/c1-11-9-15(20-17(21)12(2)10-26(20,22)23)7-8-16(11)27(24,25)19-14-5-3-13(18)4-6-14/h3-9,12,19H,10H2,1-2H3. The molecular weight excluding hydrogens is 395 g/mol. The molecule has 10 heteroatoms. The summed E-state index contributed by atoms with van der Waals surface area (Å²) in [6.45, 7) is 3.03. The monoisotopic (exact) mass is 412 g/mol. The molecule has 2 aromatic carbocycles. The minimum atomic E-state index is -3.98. The van der Waals surface area contributed by atoms with Gasteiger partial charge in [0.05, 0.1) is 22.3 Å². The van der Waals surface area contributed by atoms with Crippen LogP contribution in [0.5, 0.6) is 0 Å². The number of aryl methyl sites for hydroxylation is 1. The summed E-state index contributed by atoms with van der Waals surface area (Å²) in [6.07, 6.45) is 0. The van der Waals surface area contributed by atoms with Gasteiger partial charge < -0.3 is 0 Å². The number of benzene rings is 2. The summed E-state index contributed by atoms with van der Waals surface area (Å²) in [7, 11) is -7.75. The van der Waals surface area contributed by atoms with Crippen LogP contribution in [-0.2, 0) is 24.8 Å². The van der Waals surface area contributed by atoms with E-state index in [1.54, 1.807) is 0 Å². The molecule has 1 aliphatic heterocycles. The number of rotatable bonds is 4. The van der Waals surface area contributed by atoms with E-state index in [9.17, 15) is 26.0 Å². The lowest BCUT2D eigenvalue weighted by Gasteiger charge is -2.17. The van der Waals surface area contributed by atoms with Crippen LogP contribution in [0.4, 0.5) is 15.8 Å². The summed E-state index contributed by atoms with van der Waals surface area (Å²) in [5, 5.41) is 0. The van der Waals surface area contributed by atoms with Gasteiger partial charge >= 0.3 is 0 Å². The Balaban J connectivity index is 1.95. The zero-order valence-electron chi connectivity index (χ0n) is 14.5. The molecule has 0 aromatic heterocycles. The van der Waals surface area contributed by atoms with Crippen LogP contribution in [-0.4, -0.2) is 28.5 Å². The second-order valence-electron chi connectivity index (χ2n) is 6.34. The Kier molecular flexibility index (Phi) is 4.73.